The van der Waals surface area contributed by atoms with E-state index in [0.29, 0.717) is 18.3 Å². The highest BCUT2D eigenvalue weighted by Gasteiger charge is 2.61. The number of nitrogens with zero attached hydrogens (tertiary/aromatic N) is 1. The minimum Gasteiger partial charge on any atom is -0.469 e. The number of likely N-dealkylation sites (tertiary alicyclic amines) is 1. The first-order valence-electron chi connectivity index (χ1n) is 9.07. The molecule has 0 aromatic carbocycles. The molecule has 5 rings (SSSR count). The summed E-state index contributed by atoms with van der Waals surface area (Å²) in [7, 11) is 1.43. The van der Waals surface area contributed by atoms with Crippen molar-refractivity contribution in [2.75, 3.05) is 13.7 Å². The van der Waals surface area contributed by atoms with Crippen molar-refractivity contribution in [2.24, 2.45) is 17.3 Å². The smallest absolute Gasteiger partial charge is 0.311 e. The van der Waals surface area contributed by atoms with Crippen molar-refractivity contribution in [1.29, 1.82) is 0 Å². The Morgan fingerprint density at radius 3 is 2.28 bits per heavy atom. The Labute approximate surface area is 146 Å². The Morgan fingerprint density at radius 1 is 1.12 bits per heavy atom. The minimum absolute atomic E-state index is 0.162. The van der Waals surface area contributed by atoms with Gasteiger partial charge in [0.1, 0.15) is 6.54 Å². The number of amides is 3. The molecular weight excluding hydrogens is 324 g/mol. The Hall–Kier alpha value is -1.92. The van der Waals surface area contributed by atoms with Gasteiger partial charge in [0.05, 0.1) is 12.5 Å². The van der Waals surface area contributed by atoms with Crippen molar-refractivity contribution < 1.29 is 23.9 Å². The van der Waals surface area contributed by atoms with Crippen LogP contribution in [0.3, 0.4) is 0 Å². The number of methoxy groups -OCH3 is 1. The van der Waals surface area contributed by atoms with Crippen molar-refractivity contribution in [1.82, 2.24) is 10.2 Å². The van der Waals surface area contributed by atoms with E-state index in [2.05, 4.69) is 5.32 Å². The molecule has 25 heavy (non-hydrogen) atoms. The summed E-state index contributed by atoms with van der Waals surface area (Å²) in [4.78, 5) is 49.5. The predicted octanol–water partition coefficient (Wildman–Crippen LogP) is 0.764. The van der Waals surface area contributed by atoms with Crippen LogP contribution in [0, 0.1) is 17.3 Å². The van der Waals surface area contributed by atoms with Crippen LogP contribution >= 0.6 is 0 Å². The van der Waals surface area contributed by atoms with Crippen LogP contribution in [0.1, 0.15) is 51.4 Å². The molecule has 1 heterocycles. The van der Waals surface area contributed by atoms with Crippen LogP contribution < -0.4 is 5.32 Å². The molecule has 7 nitrogen and oxygen atoms in total. The average Bonchev–Trinajstić information content (AvgIpc) is 2.84. The zero-order valence-electron chi connectivity index (χ0n) is 14.5. The maximum atomic E-state index is 12.5. The molecular formula is C18H24N2O5. The Kier molecular flexibility index (Phi) is 3.67. The molecule has 4 aliphatic carbocycles. The largest absolute Gasteiger partial charge is 0.469 e. The van der Waals surface area contributed by atoms with E-state index >= 15 is 0 Å². The summed E-state index contributed by atoms with van der Waals surface area (Å²) < 4.78 is 5.07. The number of carbonyl (C=O) groups excluding carboxylic acids is 4. The number of ether oxygens (including phenoxy) is 1. The lowest BCUT2D eigenvalue weighted by atomic mass is 9.47. The Morgan fingerprint density at radius 2 is 1.72 bits per heavy atom. The van der Waals surface area contributed by atoms with E-state index in [9.17, 15) is 19.2 Å². The molecule has 1 saturated heterocycles. The van der Waals surface area contributed by atoms with Crippen molar-refractivity contribution in [3.8, 4) is 0 Å². The lowest BCUT2D eigenvalue weighted by Crippen LogP contribution is -2.65. The summed E-state index contributed by atoms with van der Waals surface area (Å²) in [6.45, 7) is -0.208. The molecule has 5 aliphatic rings. The fraction of sp³-hybridized carbons (Fsp3) is 0.778. The third-order valence-corrected chi connectivity index (χ3v) is 6.54. The number of hydrogen-bond acceptors (Lipinski definition) is 5. The molecule has 1 N–H and O–H groups in total. The quantitative estimate of drug-likeness (QED) is 0.598. The monoisotopic (exact) mass is 348 g/mol. The van der Waals surface area contributed by atoms with Crippen molar-refractivity contribution in [3.05, 3.63) is 0 Å². The van der Waals surface area contributed by atoms with Gasteiger partial charge in [-0.2, -0.15) is 0 Å². The molecule has 0 spiro atoms. The molecule has 0 radical (unpaired) electrons. The fourth-order valence-electron chi connectivity index (χ4n) is 6.14. The first-order valence-corrected chi connectivity index (χ1v) is 9.07. The highest BCUT2D eigenvalue weighted by atomic mass is 16.5. The van der Waals surface area contributed by atoms with Crippen LogP contribution in [0.4, 0.5) is 0 Å². The number of nitrogens with one attached hydrogen (secondary N) is 1. The van der Waals surface area contributed by atoms with Gasteiger partial charge in [0.25, 0.3) is 0 Å². The second-order valence-electron chi connectivity index (χ2n) is 8.44. The SMILES string of the molecule is COC(=O)C12CC3CC(CC(NC(=O)CN4C(=O)CCC4=O)(C3)C1)C2. The molecule has 2 unspecified atom stereocenters. The van der Waals surface area contributed by atoms with Gasteiger partial charge in [-0.1, -0.05) is 0 Å². The summed E-state index contributed by atoms with van der Waals surface area (Å²) in [5, 5.41) is 3.10. The highest BCUT2D eigenvalue weighted by molar-refractivity contribution is 6.04. The van der Waals surface area contributed by atoms with E-state index in [1.165, 1.54) is 7.11 Å². The maximum Gasteiger partial charge on any atom is 0.311 e. The first-order chi connectivity index (χ1) is 11.8. The normalized spacial score (nSPS) is 39.0. The molecule has 1 aliphatic heterocycles. The summed E-state index contributed by atoms with van der Waals surface area (Å²) in [5.74, 6) is -0.171. The molecule has 136 valence electrons. The number of carbonyl (C=O) groups is 4. The van der Waals surface area contributed by atoms with E-state index in [-0.39, 0.29) is 43.1 Å². The molecule has 3 amide bonds. The summed E-state index contributed by atoms with van der Waals surface area (Å²) in [6, 6.07) is 0. The third kappa shape index (κ3) is 2.64. The van der Waals surface area contributed by atoms with E-state index in [1.54, 1.807) is 0 Å². The number of imide groups is 1. The van der Waals surface area contributed by atoms with Gasteiger partial charge in [-0.3, -0.25) is 24.1 Å². The van der Waals surface area contributed by atoms with Gasteiger partial charge >= 0.3 is 5.97 Å². The van der Waals surface area contributed by atoms with Gasteiger partial charge < -0.3 is 10.1 Å². The second-order valence-corrected chi connectivity index (χ2v) is 8.44. The van der Waals surface area contributed by atoms with Crippen molar-refractivity contribution in [2.45, 2.75) is 56.9 Å². The first kappa shape index (κ1) is 16.5. The Balaban J connectivity index is 1.50. The number of esters is 1. The van der Waals surface area contributed by atoms with E-state index in [0.717, 1.165) is 37.0 Å². The third-order valence-electron chi connectivity index (χ3n) is 6.54. The molecule has 5 fully saturated rings. The second kappa shape index (κ2) is 5.54. The van der Waals surface area contributed by atoms with Crippen LogP contribution in [-0.2, 0) is 23.9 Å². The summed E-state index contributed by atoms with van der Waals surface area (Å²) in [6.07, 6.45) is 5.52. The number of rotatable bonds is 4. The van der Waals surface area contributed by atoms with Crippen LogP contribution in [-0.4, -0.2) is 47.8 Å². The lowest BCUT2D eigenvalue weighted by Gasteiger charge is -2.60. The zero-order chi connectivity index (χ0) is 17.8. The lowest BCUT2D eigenvalue weighted by molar-refractivity contribution is -0.173. The zero-order valence-corrected chi connectivity index (χ0v) is 14.5. The van der Waals surface area contributed by atoms with Crippen LogP contribution in [0.2, 0.25) is 0 Å². The topological polar surface area (TPSA) is 92.8 Å². The van der Waals surface area contributed by atoms with Crippen molar-refractivity contribution in [3.63, 3.8) is 0 Å². The van der Waals surface area contributed by atoms with Crippen molar-refractivity contribution >= 4 is 23.7 Å². The van der Waals surface area contributed by atoms with Crippen LogP contribution in [0.5, 0.6) is 0 Å². The number of hydrogen-bond donors (Lipinski definition) is 1. The standard InChI is InChI=1S/C18H24N2O5/c1-25-16(24)17-5-11-4-12(6-17)8-18(7-11,10-17)19-13(21)9-20-14(22)2-3-15(20)23/h11-12H,2-10H2,1H3,(H,19,21). The molecule has 4 saturated carbocycles. The van der Waals surface area contributed by atoms with Gasteiger partial charge in [0.15, 0.2) is 0 Å². The van der Waals surface area contributed by atoms with Gasteiger partial charge in [0, 0.05) is 18.4 Å². The van der Waals surface area contributed by atoms with E-state index in [4.69, 9.17) is 4.74 Å². The minimum atomic E-state index is -0.481. The average molecular weight is 348 g/mol. The van der Waals surface area contributed by atoms with Crippen LogP contribution in [0.15, 0.2) is 0 Å². The summed E-state index contributed by atoms with van der Waals surface area (Å²) >= 11 is 0. The molecule has 0 aromatic rings. The fourth-order valence-corrected chi connectivity index (χ4v) is 6.14. The van der Waals surface area contributed by atoms with E-state index in [1.807, 2.05) is 0 Å². The maximum absolute atomic E-state index is 12.5. The highest BCUT2D eigenvalue weighted by Crippen LogP contribution is 2.61. The van der Waals surface area contributed by atoms with Gasteiger partial charge in [-0.15, -0.1) is 0 Å². The Bertz CT molecular complexity index is 628. The molecule has 2 atom stereocenters. The molecule has 7 heteroatoms. The van der Waals surface area contributed by atoms with Gasteiger partial charge in [0.2, 0.25) is 17.7 Å². The predicted molar refractivity (Wildman–Crippen MR) is 86.0 cm³/mol. The molecule has 4 bridgehead atoms. The van der Waals surface area contributed by atoms with Gasteiger partial charge in [-0.05, 0) is 50.4 Å². The molecule has 0 aromatic heterocycles. The van der Waals surface area contributed by atoms with E-state index < -0.39 is 11.0 Å². The summed E-state index contributed by atoms with van der Waals surface area (Å²) in [5.41, 5.74) is -0.882. The van der Waals surface area contributed by atoms with Crippen LogP contribution in [0.25, 0.3) is 0 Å². The van der Waals surface area contributed by atoms with Gasteiger partial charge in [-0.25, -0.2) is 0 Å².